The Bertz CT molecular complexity index is 745. The van der Waals surface area contributed by atoms with Crippen LogP contribution in [-0.2, 0) is 6.54 Å². The van der Waals surface area contributed by atoms with Crippen molar-refractivity contribution in [2.75, 3.05) is 19.6 Å². The third kappa shape index (κ3) is 3.05. The molecule has 0 spiro atoms. The maximum absolute atomic E-state index is 6.12. The molecule has 0 bridgehead atoms. The van der Waals surface area contributed by atoms with E-state index in [-0.39, 0.29) is 0 Å². The van der Waals surface area contributed by atoms with Gasteiger partial charge in [0.25, 0.3) is 0 Å². The first-order valence-corrected chi connectivity index (χ1v) is 8.90. The molecule has 0 aliphatic rings. The molecule has 1 aromatic carbocycles. The molecule has 0 unspecified atom stereocenters. The van der Waals surface area contributed by atoms with Gasteiger partial charge in [-0.3, -0.25) is 0 Å². The van der Waals surface area contributed by atoms with Gasteiger partial charge in [-0.05, 0) is 42.7 Å². The highest BCUT2D eigenvalue weighted by Crippen LogP contribution is 2.29. The Hall–Kier alpha value is -1.36. The number of likely N-dealkylation sites (N-methyl/N-ethyl adjacent to an activating group) is 1. The number of imidazole rings is 1. The van der Waals surface area contributed by atoms with Crippen LogP contribution < -0.4 is 0 Å². The molecule has 3 rings (SSSR count). The lowest BCUT2D eigenvalue weighted by molar-refractivity contribution is 0.292. The number of rotatable bonds is 6. The second-order valence-electron chi connectivity index (χ2n) is 5.22. The van der Waals surface area contributed by atoms with Gasteiger partial charge in [0, 0.05) is 18.1 Å². The second-order valence-corrected chi connectivity index (χ2v) is 6.61. The zero-order valence-electron chi connectivity index (χ0n) is 12.9. The zero-order valence-corrected chi connectivity index (χ0v) is 14.5. The zero-order chi connectivity index (χ0) is 15.5. The summed E-state index contributed by atoms with van der Waals surface area (Å²) in [6.45, 7) is 8.52. The molecule has 3 aromatic rings. The molecule has 0 radical (unpaired) electrons. The molecule has 5 heteroatoms. The summed E-state index contributed by atoms with van der Waals surface area (Å²) in [7, 11) is 0. The lowest BCUT2D eigenvalue weighted by Crippen LogP contribution is -2.27. The Morgan fingerprint density at radius 3 is 2.73 bits per heavy atom. The number of aromatic nitrogens is 2. The standard InChI is InChI=1S/C17H20ClN3S/c1-3-20(4-2)9-10-21-15-8-7-13(18)12-14(15)19-17(21)16-6-5-11-22-16/h5-8,11-12H,3-4,9-10H2,1-2H3. The molecule has 0 saturated carbocycles. The highest BCUT2D eigenvalue weighted by molar-refractivity contribution is 7.13. The minimum Gasteiger partial charge on any atom is -0.322 e. The van der Waals surface area contributed by atoms with Crippen molar-refractivity contribution >= 4 is 34.0 Å². The largest absolute Gasteiger partial charge is 0.322 e. The molecule has 2 heterocycles. The fourth-order valence-electron chi connectivity index (χ4n) is 2.70. The minimum atomic E-state index is 0.735. The van der Waals surface area contributed by atoms with E-state index in [1.807, 2.05) is 12.1 Å². The Labute approximate surface area is 140 Å². The number of hydrogen-bond donors (Lipinski definition) is 0. The topological polar surface area (TPSA) is 21.1 Å². The summed E-state index contributed by atoms with van der Waals surface area (Å²) in [6.07, 6.45) is 0. The van der Waals surface area contributed by atoms with Crippen molar-refractivity contribution in [1.29, 1.82) is 0 Å². The Balaban J connectivity index is 2.03. The summed E-state index contributed by atoms with van der Waals surface area (Å²) in [5.41, 5.74) is 2.12. The van der Waals surface area contributed by atoms with E-state index in [1.165, 1.54) is 4.88 Å². The van der Waals surface area contributed by atoms with Crippen LogP contribution in [0.3, 0.4) is 0 Å². The molecule has 2 aromatic heterocycles. The first-order valence-electron chi connectivity index (χ1n) is 7.65. The number of benzene rings is 1. The summed E-state index contributed by atoms with van der Waals surface area (Å²) in [5, 5.41) is 2.83. The van der Waals surface area contributed by atoms with Crippen LogP contribution in [0.4, 0.5) is 0 Å². The Morgan fingerprint density at radius 2 is 2.05 bits per heavy atom. The van der Waals surface area contributed by atoms with Crippen LogP contribution in [0.15, 0.2) is 35.7 Å². The van der Waals surface area contributed by atoms with Crippen LogP contribution in [0, 0.1) is 0 Å². The van der Waals surface area contributed by atoms with Gasteiger partial charge in [0.05, 0.1) is 15.9 Å². The summed E-state index contributed by atoms with van der Waals surface area (Å²) < 4.78 is 2.32. The average Bonchev–Trinajstić information content (AvgIpc) is 3.15. The van der Waals surface area contributed by atoms with Gasteiger partial charge in [-0.2, -0.15) is 0 Å². The van der Waals surface area contributed by atoms with E-state index in [2.05, 4.69) is 46.9 Å². The van der Waals surface area contributed by atoms with E-state index in [1.54, 1.807) is 11.3 Å². The van der Waals surface area contributed by atoms with Crippen LogP contribution in [-0.4, -0.2) is 34.1 Å². The number of fused-ring (bicyclic) bond motifs is 1. The highest BCUT2D eigenvalue weighted by Gasteiger charge is 2.14. The fourth-order valence-corrected chi connectivity index (χ4v) is 3.59. The van der Waals surface area contributed by atoms with Crippen molar-refractivity contribution in [3.63, 3.8) is 0 Å². The van der Waals surface area contributed by atoms with E-state index in [0.29, 0.717) is 0 Å². The number of thiophene rings is 1. The van der Waals surface area contributed by atoms with Crippen LogP contribution in [0.5, 0.6) is 0 Å². The van der Waals surface area contributed by atoms with Gasteiger partial charge in [0.2, 0.25) is 0 Å². The predicted molar refractivity (Wildman–Crippen MR) is 95.8 cm³/mol. The molecule has 0 saturated heterocycles. The molecule has 0 aliphatic carbocycles. The van der Waals surface area contributed by atoms with Gasteiger partial charge >= 0.3 is 0 Å². The highest BCUT2D eigenvalue weighted by atomic mass is 35.5. The lowest BCUT2D eigenvalue weighted by atomic mass is 10.3. The van der Waals surface area contributed by atoms with Gasteiger partial charge in [-0.1, -0.05) is 31.5 Å². The molecular formula is C17H20ClN3S. The quantitative estimate of drug-likeness (QED) is 0.648. The number of hydrogen-bond acceptors (Lipinski definition) is 3. The second kappa shape index (κ2) is 6.82. The average molecular weight is 334 g/mol. The van der Waals surface area contributed by atoms with Crippen molar-refractivity contribution in [2.45, 2.75) is 20.4 Å². The Morgan fingerprint density at radius 1 is 1.23 bits per heavy atom. The SMILES string of the molecule is CCN(CC)CCn1c(-c2cccs2)nc2cc(Cl)ccc21. The molecule has 0 N–H and O–H groups in total. The van der Waals surface area contributed by atoms with Gasteiger partial charge in [0.1, 0.15) is 0 Å². The van der Waals surface area contributed by atoms with E-state index >= 15 is 0 Å². The molecule has 116 valence electrons. The predicted octanol–water partition coefficient (Wildman–Crippen LogP) is 4.76. The van der Waals surface area contributed by atoms with Gasteiger partial charge in [-0.25, -0.2) is 4.98 Å². The van der Waals surface area contributed by atoms with Gasteiger partial charge < -0.3 is 9.47 Å². The van der Waals surface area contributed by atoms with Crippen molar-refractivity contribution in [3.05, 3.63) is 40.7 Å². The maximum Gasteiger partial charge on any atom is 0.151 e. The monoisotopic (exact) mass is 333 g/mol. The van der Waals surface area contributed by atoms with Crippen molar-refractivity contribution in [3.8, 4) is 10.7 Å². The summed E-state index contributed by atoms with van der Waals surface area (Å²) in [5.74, 6) is 1.04. The third-order valence-electron chi connectivity index (χ3n) is 3.99. The van der Waals surface area contributed by atoms with Crippen molar-refractivity contribution in [1.82, 2.24) is 14.5 Å². The Kier molecular flexibility index (Phi) is 4.81. The lowest BCUT2D eigenvalue weighted by Gasteiger charge is -2.19. The summed E-state index contributed by atoms with van der Waals surface area (Å²) in [6, 6.07) is 10.2. The molecule has 3 nitrogen and oxygen atoms in total. The van der Waals surface area contributed by atoms with Gasteiger partial charge in [0.15, 0.2) is 5.82 Å². The molecule has 0 fully saturated rings. The van der Waals surface area contributed by atoms with Crippen LogP contribution >= 0.6 is 22.9 Å². The minimum absolute atomic E-state index is 0.735. The number of halogens is 1. The molecular weight excluding hydrogens is 314 g/mol. The van der Waals surface area contributed by atoms with E-state index < -0.39 is 0 Å². The summed E-state index contributed by atoms with van der Waals surface area (Å²) in [4.78, 5) is 8.45. The molecule has 22 heavy (non-hydrogen) atoms. The van der Waals surface area contributed by atoms with Gasteiger partial charge in [-0.15, -0.1) is 11.3 Å². The first-order chi connectivity index (χ1) is 10.7. The van der Waals surface area contributed by atoms with E-state index in [0.717, 1.165) is 48.1 Å². The maximum atomic E-state index is 6.12. The van der Waals surface area contributed by atoms with Crippen LogP contribution in [0.1, 0.15) is 13.8 Å². The molecule has 0 atom stereocenters. The number of nitrogens with zero attached hydrogens (tertiary/aromatic N) is 3. The normalized spacial score (nSPS) is 11.6. The fraction of sp³-hybridized carbons (Fsp3) is 0.353. The smallest absolute Gasteiger partial charge is 0.151 e. The summed E-state index contributed by atoms with van der Waals surface area (Å²) >= 11 is 7.85. The van der Waals surface area contributed by atoms with Crippen molar-refractivity contribution < 1.29 is 0 Å². The van der Waals surface area contributed by atoms with E-state index in [9.17, 15) is 0 Å². The molecule has 0 aliphatic heterocycles. The molecule has 0 amide bonds. The third-order valence-corrected chi connectivity index (χ3v) is 5.09. The van der Waals surface area contributed by atoms with Crippen molar-refractivity contribution in [2.24, 2.45) is 0 Å². The first kappa shape index (κ1) is 15.5. The van der Waals surface area contributed by atoms with E-state index in [4.69, 9.17) is 16.6 Å². The van der Waals surface area contributed by atoms with Crippen LogP contribution in [0.2, 0.25) is 5.02 Å². The van der Waals surface area contributed by atoms with Crippen LogP contribution in [0.25, 0.3) is 21.7 Å².